The number of benzene rings is 1. The van der Waals surface area contributed by atoms with E-state index in [1.807, 2.05) is 0 Å². The molecule has 0 saturated heterocycles. The first-order valence-electron chi connectivity index (χ1n) is 6.54. The van der Waals surface area contributed by atoms with E-state index in [1.54, 1.807) is 44.7 Å². The Morgan fingerprint density at radius 2 is 2.05 bits per heavy atom. The van der Waals surface area contributed by atoms with E-state index in [0.717, 1.165) is 0 Å². The molecule has 2 aromatic rings. The lowest BCUT2D eigenvalue weighted by Crippen LogP contribution is -2.05. The van der Waals surface area contributed by atoms with Crippen molar-refractivity contribution in [3.63, 3.8) is 0 Å². The van der Waals surface area contributed by atoms with Crippen LogP contribution in [0.1, 0.15) is 0 Å². The maximum atomic E-state index is 6.09. The van der Waals surface area contributed by atoms with Crippen LogP contribution < -0.4 is 20.1 Å². The molecule has 7 heteroatoms. The van der Waals surface area contributed by atoms with Crippen LogP contribution in [0.5, 0.6) is 11.5 Å². The number of hydrogen-bond acceptors (Lipinski definition) is 6. The Kier molecular flexibility index (Phi) is 5.43. The maximum absolute atomic E-state index is 6.09. The average molecular weight is 321 g/mol. The zero-order chi connectivity index (χ0) is 15.9. The smallest absolute Gasteiger partial charge is 0.224 e. The third-order valence-electron chi connectivity index (χ3n) is 2.80. The van der Waals surface area contributed by atoms with Gasteiger partial charge in [-0.25, -0.2) is 4.98 Å². The number of hydrogen-bond donors (Lipinski definition) is 2. The van der Waals surface area contributed by atoms with Gasteiger partial charge in [-0.1, -0.05) is 17.7 Å². The SMILES string of the molecule is C=CCNc1nccc(Nc2cc(OC)c(Cl)cc2OC)n1. The van der Waals surface area contributed by atoms with Crippen molar-refractivity contribution in [2.24, 2.45) is 0 Å². The largest absolute Gasteiger partial charge is 0.495 e. The molecule has 2 N–H and O–H groups in total. The Morgan fingerprint density at radius 1 is 1.27 bits per heavy atom. The van der Waals surface area contributed by atoms with Gasteiger partial charge in [-0.2, -0.15) is 4.98 Å². The van der Waals surface area contributed by atoms with Crippen molar-refractivity contribution in [3.05, 3.63) is 42.1 Å². The highest BCUT2D eigenvalue weighted by atomic mass is 35.5. The Hall–Kier alpha value is -2.47. The monoisotopic (exact) mass is 320 g/mol. The van der Waals surface area contributed by atoms with Gasteiger partial charge in [0.05, 0.1) is 24.9 Å². The van der Waals surface area contributed by atoms with Crippen LogP contribution in [0.4, 0.5) is 17.5 Å². The molecule has 1 heterocycles. The van der Waals surface area contributed by atoms with Crippen LogP contribution in [0.3, 0.4) is 0 Å². The molecule has 0 aliphatic carbocycles. The van der Waals surface area contributed by atoms with E-state index >= 15 is 0 Å². The molecule has 0 amide bonds. The summed E-state index contributed by atoms with van der Waals surface area (Å²) < 4.78 is 10.5. The molecule has 0 aliphatic rings. The summed E-state index contributed by atoms with van der Waals surface area (Å²) in [6.07, 6.45) is 3.39. The highest BCUT2D eigenvalue weighted by molar-refractivity contribution is 6.32. The topological polar surface area (TPSA) is 68.3 Å². The van der Waals surface area contributed by atoms with Gasteiger partial charge in [0.1, 0.15) is 17.3 Å². The summed E-state index contributed by atoms with van der Waals surface area (Å²) in [5, 5.41) is 6.66. The van der Waals surface area contributed by atoms with Crippen LogP contribution in [0, 0.1) is 0 Å². The number of halogens is 1. The fourth-order valence-electron chi connectivity index (χ4n) is 1.77. The van der Waals surface area contributed by atoms with Crippen molar-refractivity contribution in [1.29, 1.82) is 0 Å². The molecule has 0 spiro atoms. The Bertz CT molecular complexity index is 664. The summed E-state index contributed by atoms with van der Waals surface area (Å²) in [6.45, 7) is 4.22. The number of rotatable bonds is 7. The summed E-state index contributed by atoms with van der Waals surface area (Å²) in [5.41, 5.74) is 0.692. The molecule has 0 fully saturated rings. The van der Waals surface area contributed by atoms with E-state index < -0.39 is 0 Å². The van der Waals surface area contributed by atoms with Crippen LogP contribution in [0.25, 0.3) is 0 Å². The Morgan fingerprint density at radius 3 is 2.73 bits per heavy atom. The summed E-state index contributed by atoms with van der Waals surface area (Å²) in [4.78, 5) is 8.47. The highest BCUT2D eigenvalue weighted by Crippen LogP contribution is 2.37. The van der Waals surface area contributed by atoms with Crippen molar-refractivity contribution >= 4 is 29.1 Å². The van der Waals surface area contributed by atoms with E-state index in [4.69, 9.17) is 21.1 Å². The molecule has 116 valence electrons. The summed E-state index contributed by atoms with van der Waals surface area (Å²) >= 11 is 6.09. The fourth-order valence-corrected chi connectivity index (χ4v) is 2.00. The highest BCUT2D eigenvalue weighted by Gasteiger charge is 2.11. The quantitative estimate of drug-likeness (QED) is 0.761. The second-order valence-electron chi connectivity index (χ2n) is 4.25. The van der Waals surface area contributed by atoms with Gasteiger partial charge in [0.15, 0.2) is 0 Å². The fraction of sp³-hybridized carbons (Fsp3) is 0.200. The minimum absolute atomic E-state index is 0.473. The van der Waals surface area contributed by atoms with Crippen LogP contribution >= 0.6 is 11.6 Å². The van der Waals surface area contributed by atoms with Gasteiger partial charge in [0.2, 0.25) is 5.95 Å². The standard InChI is InChI=1S/C15H17ClN4O2/c1-4-6-17-15-18-7-5-14(20-15)19-11-9-12(21-2)10(16)8-13(11)22-3/h4-5,7-9H,1,6H2,2-3H3,(H2,17,18,19,20). The minimum Gasteiger partial charge on any atom is -0.495 e. The van der Waals surface area contributed by atoms with Gasteiger partial charge in [-0.15, -0.1) is 6.58 Å². The Balaban J connectivity index is 2.27. The van der Waals surface area contributed by atoms with Crippen molar-refractivity contribution in [1.82, 2.24) is 9.97 Å². The molecule has 0 aliphatic heterocycles. The lowest BCUT2D eigenvalue weighted by molar-refractivity contribution is 0.405. The van der Waals surface area contributed by atoms with Crippen LogP contribution in [-0.2, 0) is 0 Å². The summed E-state index contributed by atoms with van der Waals surface area (Å²) in [7, 11) is 3.12. The van der Waals surface area contributed by atoms with E-state index in [0.29, 0.717) is 40.5 Å². The molecular weight excluding hydrogens is 304 g/mol. The first kappa shape index (κ1) is 15.9. The molecule has 0 unspecified atom stereocenters. The van der Waals surface area contributed by atoms with Crippen molar-refractivity contribution in [2.45, 2.75) is 0 Å². The predicted octanol–water partition coefficient (Wildman–Crippen LogP) is 3.49. The molecule has 22 heavy (non-hydrogen) atoms. The molecule has 1 aromatic heterocycles. The van der Waals surface area contributed by atoms with Crippen LogP contribution in [-0.4, -0.2) is 30.7 Å². The molecule has 2 rings (SSSR count). The maximum Gasteiger partial charge on any atom is 0.224 e. The zero-order valence-corrected chi connectivity index (χ0v) is 13.1. The number of anilines is 3. The summed E-state index contributed by atoms with van der Waals surface area (Å²) in [5.74, 6) is 2.25. The minimum atomic E-state index is 0.473. The molecule has 6 nitrogen and oxygen atoms in total. The van der Waals surface area contributed by atoms with Gasteiger partial charge < -0.3 is 20.1 Å². The number of methoxy groups -OCH3 is 2. The number of ether oxygens (including phenoxy) is 2. The average Bonchev–Trinajstić information content (AvgIpc) is 2.54. The number of nitrogens with one attached hydrogen (secondary N) is 2. The predicted molar refractivity (Wildman–Crippen MR) is 88.6 cm³/mol. The van der Waals surface area contributed by atoms with E-state index in [9.17, 15) is 0 Å². The lowest BCUT2D eigenvalue weighted by atomic mass is 10.2. The van der Waals surface area contributed by atoms with Gasteiger partial charge in [0, 0.05) is 24.9 Å². The third-order valence-corrected chi connectivity index (χ3v) is 3.09. The molecule has 1 aromatic carbocycles. The second kappa shape index (κ2) is 7.51. The van der Waals surface area contributed by atoms with Crippen molar-refractivity contribution in [3.8, 4) is 11.5 Å². The van der Waals surface area contributed by atoms with Crippen LogP contribution in [0.2, 0.25) is 5.02 Å². The molecular formula is C15H17ClN4O2. The number of aromatic nitrogens is 2. The molecule has 0 radical (unpaired) electrons. The zero-order valence-electron chi connectivity index (χ0n) is 12.4. The van der Waals surface area contributed by atoms with Gasteiger partial charge in [-0.05, 0) is 6.07 Å². The van der Waals surface area contributed by atoms with Crippen LogP contribution in [0.15, 0.2) is 37.1 Å². The Labute approximate surface area is 134 Å². The normalized spacial score (nSPS) is 9.95. The van der Waals surface area contributed by atoms with Crippen molar-refractivity contribution in [2.75, 3.05) is 31.4 Å². The second-order valence-corrected chi connectivity index (χ2v) is 4.65. The molecule has 0 atom stereocenters. The summed E-state index contributed by atoms with van der Waals surface area (Å²) in [6, 6.07) is 5.18. The lowest BCUT2D eigenvalue weighted by Gasteiger charge is -2.13. The number of nitrogens with zero attached hydrogens (tertiary/aromatic N) is 2. The van der Waals surface area contributed by atoms with Gasteiger partial charge in [0.25, 0.3) is 0 Å². The molecule has 0 saturated carbocycles. The third kappa shape index (κ3) is 3.79. The van der Waals surface area contributed by atoms with Gasteiger partial charge in [-0.3, -0.25) is 0 Å². The van der Waals surface area contributed by atoms with Crippen molar-refractivity contribution < 1.29 is 9.47 Å². The molecule has 0 bridgehead atoms. The van der Waals surface area contributed by atoms with E-state index in [1.165, 1.54) is 0 Å². The van der Waals surface area contributed by atoms with E-state index in [-0.39, 0.29) is 0 Å². The first-order chi connectivity index (χ1) is 10.7. The first-order valence-corrected chi connectivity index (χ1v) is 6.92. The van der Waals surface area contributed by atoms with Gasteiger partial charge >= 0.3 is 0 Å². The van der Waals surface area contributed by atoms with E-state index in [2.05, 4.69) is 27.2 Å².